The quantitative estimate of drug-likeness (QED) is 0.800. The van der Waals surface area contributed by atoms with Gasteiger partial charge >= 0.3 is 0 Å². The molecule has 3 aromatic heterocycles. The first-order valence-corrected chi connectivity index (χ1v) is 7.37. The highest BCUT2D eigenvalue weighted by molar-refractivity contribution is 6.05. The molecule has 0 aliphatic rings. The van der Waals surface area contributed by atoms with E-state index in [1.54, 1.807) is 28.0 Å². The Labute approximate surface area is 134 Å². The van der Waals surface area contributed by atoms with Gasteiger partial charge < -0.3 is 5.32 Å². The monoisotopic (exact) mass is 310 g/mol. The molecule has 118 valence electrons. The van der Waals surface area contributed by atoms with Crippen LogP contribution in [-0.2, 0) is 20.5 Å². The molecule has 1 amide bonds. The van der Waals surface area contributed by atoms with Crippen molar-refractivity contribution in [1.29, 1.82) is 0 Å². The molecular formula is C16H18N6O. The van der Waals surface area contributed by atoms with Crippen molar-refractivity contribution in [3.63, 3.8) is 0 Å². The average Bonchev–Trinajstić information content (AvgIpc) is 3.12. The first-order valence-electron chi connectivity index (χ1n) is 7.37. The van der Waals surface area contributed by atoms with Crippen LogP contribution in [0.15, 0.2) is 36.8 Å². The van der Waals surface area contributed by atoms with Crippen LogP contribution >= 0.6 is 0 Å². The molecule has 0 aromatic carbocycles. The second-order valence-electron chi connectivity index (χ2n) is 5.22. The van der Waals surface area contributed by atoms with E-state index in [0.717, 1.165) is 17.7 Å². The molecule has 0 unspecified atom stereocenters. The molecule has 3 rings (SSSR count). The molecule has 1 N–H and O–H groups in total. The lowest BCUT2D eigenvalue weighted by molar-refractivity contribution is 0.102. The van der Waals surface area contributed by atoms with E-state index < -0.39 is 0 Å². The molecule has 0 atom stereocenters. The first kappa shape index (κ1) is 15.0. The lowest BCUT2D eigenvalue weighted by Crippen LogP contribution is -2.16. The van der Waals surface area contributed by atoms with E-state index in [1.807, 2.05) is 39.2 Å². The van der Waals surface area contributed by atoms with Crippen LogP contribution in [-0.4, -0.2) is 30.5 Å². The minimum atomic E-state index is -0.237. The molecule has 0 fully saturated rings. The fraction of sp³-hybridized carbons (Fsp3) is 0.250. The van der Waals surface area contributed by atoms with Crippen LogP contribution in [0.4, 0.5) is 5.69 Å². The van der Waals surface area contributed by atoms with Crippen LogP contribution in [0.1, 0.15) is 23.0 Å². The fourth-order valence-electron chi connectivity index (χ4n) is 2.49. The summed E-state index contributed by atoms with van der Waals surface area (Å²) in [5, 5.41) is 11.5. The topological polar surface area (TPSA) is 77.6 Å². The summed E-state index contributed by atoms with van der Waals surface area (Å²) in [5.74, 6) is -0.237. The summed E-state index contributed by atoms with van der Waals surface area (Å²) in [6.07, 6.45) is 5.84. The maximum absolute atomic E-state index is 12.6. The molecule has 0 saturated heterocycles. The molecular weight excluding hydrogens is 292 g/mol. The average molecular weight is 310 g/mol. The molecule has 7 nitrogen and oxygen atoms in total. The van der Waals surface area contributed by atoms with Crippen molar-refractivity contribution in [1.82, 2.24) is 24.5 Å². The van der Waals surface area contributed by atoms with Crippen LogP contribution in [0, 0.1) is 0 Å². The van der Waals surface area contributed by atoms with Crippen LogP contribution in [0.2, 0.25) is 0 Å². The summed E-state index contributed by atoms with van der Waals surface area (Å²) in [4.78, 5) is 16.8. The normalized spacial score (nSPS) is 10.7. The highest BCUT2D eigenvalue weighted by Crippen LogP contribution is 2.26. The second kappa shape index (κ2) is 6.04. The van der Waals surface area contributed by atoms with Gasteiger partial charge in [-0.1, -0.05) is 13.0 Å². The van der Waals surface area contributed by atoms with Gasteiger partial charge in [0.15, 0.2) is 0 Å². The number of hydrogen-bond acceptors (Lipinski definition) is 4. The van der Waals surface area contributed by atoms with Gasteiger partial charge in [0.1, 0.15) is 11.4 Å². The number of carbonyl (C=O) groups is 1. The maximum atomic E-state index is 12.6. The van der Waals surface area contributed by atoms with Crippen molar-refractivity contribution in [2.24, 2.45) is 14.1 Å². The summed E-state index contributed by atoms with van der Waals surface area (Å²) < 4.78 is 3.38. The minimum absolute atomic E-state index is 0.237. The maximum Gasteiger partial charge on any atom is 0.274 e. The number of nitrogens with zero attached hydrogens (tertiary/aromatic N) is 5. The predicted octanol–water partition coefficient (Wildman–Crippen LogP) is 2.03. The van der Waals surface area contributed by atoms with Crippen molar-refractivity contribution in [2.45, 2.75) is 13.3 Å². The van der Waals surface area contributed by atoms with Crippen LogP contribution in [0.3, 0.4) is 0 Å². The van der Waals surface area contributed by atoms with Gasteiger partial charge in [0.25, 0.3) is 5.91 Å². The third-order valence-electron chi connectivity index (χ3n) is 3.63. The van der Waals surface area contributed by atoms with Crippen LogP contribution in [0.25, 0.3) is 11.4 Å². The van der Waals surface area contributed by atoms with E-state index in [1.165, 1.54) is 0 Å². The van der Waals surface area contributed by atoms with Gasteiger partial charge in [0.2, 0.25) is 0 Å². The Balaban J connectivity index is 1.95. The van der Waals surface area contributed by atoms with E-state index in [-0.39, 0.29) is 5.91 Å². The Morgan fingerprint density at radius 3 is 2.78 bits per heavy atom. The molecule has 3 heterocycles. The molecule has 0 aliphatic carbocycles. The molecule has 7 heteroatoms. The van der Waals surface area contributed by atoms with Gasteiger partial charge in [-0.3, -0.25) is 19.1 Å². The number of carbonyl (C=O) groups excluding carboxylic acids is 1. The zero-order valence-corrected chi connectivity index (χ0v) is 13.3. The van der Waals surface area contributed by atoms with Gasteiger partial charge in [-0.05, 0) is 24.1 Å². The van der Waals surface area contributed by atoms with Crippen molar-refractivity contribution in [3.05, 3.63) is 48.0 Å². The molecule has 0 radical (unpaired) electrons. The summed E-state index contributed by atoms with van der Waals surface area (Å²) >= 11 is 0. The summed E-state index contributed by atoms with van der Waals surface area (Å²) in [7, 11) is 3.65. The van der Waals surface area contributed by atoms with E-state index in [2.05, 4.69) is 20.5 Å². The van der Waals surface area contributed by atoms with Gasteiger partial charge in [-0.15, -0.1) is 0 Å². The number of hydrogen-bond donors (Lipinski definition) is 1. The zero-order valence-electron chi connectivity index (χ0n) is 13.3. The third kappa shape index (κ3) is 2.85. The summed E-state index contributed by atoms with van der Waals surface area (Å²) in [6, 6.07) is 5.60. The van der Waals surface area contributed by atoms with E-state index in [4.69, 9.17) is 0 Å². The Morgan fingerprint density at radius 2 is 2.09 bits per heavy atom. The van der Waals surface area contributed by atoms with Gasteiger partial charge in [-0.25, -0.2) is 0 Å². The predicted molar refractivity (Wildman–Crippen MR) is 87.0 cm³/mol. The van der Waals surface area contributed by atoms with Crippen molar-refractivity contribution >= 4 is 11.6 Å². The number of anilines is 1. The standard InChI is InChI=1S/C16H18N6O/c1-4-11-6-5-8-17-14(11)16(23)19-12-10-21(2)20-15(12)13-7-9-18-22(13)3/h5-10H,4H2,1-3H3,(H,19,23). The Kier molecular flexibility index (Phi) is 3.92. The number of aryl methyl sites for hydroxylation is 3. The largest absolute Gasteiger partial charge is 0.317 e. The smallest absolute Gasteiger partial charge is 0.274 e. The highest BCUT2D eigenvalue weighted by Gasteiger charge is 2.18. The van der Waals surface area contributed by atoms with Crippen LogP contribution in [0.5, 0.6) is 0 Å². The lowest BCUT2D eigenvalue weighted by atomic mass is 10.1. The third-order valence-corrected chi connectivity index (χ3v) is 3.63. The van der Waals surface area contributed by atoms with Gasteiger partial charge in [-0.2, -0.15) is 10.2 Å². The SMILES string of the molecule is CCc1cccnc1C(=O)Nc1cn(C)nc1-c1ccnn1C. The lowest BCUT2D eigenvalue weighted by Gasteiger charge is -2.08. The summed E-state index contributed by atoms with van der Waals surface area (Å²) in [5.41, 5.74) is 3.49. The molecule has 0 bridgehead atoms. The van der Waals surface area contributed by atoms with Crippen LogP contribution < -0.4 is 5.32 Å². The number of nitrogens with one attached hydrogen (secondary N) is 1. The Morgan fingerprint density at radius 1 is 1.26 bits per heavy atom. The second-order valence-corrected chi connectivity index (χ2v) is 5.22. The molecule has 0 spiro atoms. The Bertz CT molecular complexity index is 848. The van der Waals surface area contributed by atoms with E-state index >= 15 is 0 Å². The van der Waals surface area contributed by atoms with Crippen molar-refractivity contribution in [2.75, 3.05) is 5.32 Å². The Hall–Kier alpha value is -2.96. The number of aromatic nitrogens is 5. The van der Waals surface area contributed by atoms with Crippen molar-refractivity contribution in [3.8, 4) is 11.4 Å². The summed E-state index contributed by atoms with van der Waals surface area (Å²) in [6.45, 7) is 2.00. The highest BCUT2D eigenvalue weighted by atomic mass is 16.1. The molecule has 3 aromatic rings. The number of pyridine rings is 1. The number of rotatable bonds is 4. The fourth-order valence-corrected chi connectivity index (χ4v) is 2.49. The molecule has 0 aliphatic heterocycles. The first-order chi connectivity index (χ1) is 11.1. The molecule has 0 saturated carbocycles. The van der Waals surface area contributed by atoms with Crippen molar-refractivity contribution < 1.29 is 4.79 Å². The minimum Gasteiger partial charge on any atom is -0.317 e. The van der Waals surface area contributed by atoms with Gasteiger partial charge in [0.05, 0.1) is 11.4 Å². The number of amides is 1. The van der Waals surface area contributed by atoms with Gasteiger partial charge in [0, 0.05) is 32.7 Å². The zero-order chi connectivity index (χ0) is 16.4. The molecule has 23 heavy (non-hydrogen) atoms. The van der Waals surface area contributed by atoms with E-state index in [0.29, 0.717) is 17.1 Å². The van der Waals surface area contributed by atoms with E-state index in [9.17, 15) is 4.79 Å².